The van der Waals surface area contributed by atoms with Crippen LogP contribution in [0.1, 0.15) is 28.8 Å². The number of thiophene rings is 1. The van der Waals surface area contributed by atoms with Gasteiger partial charge in [0.2, 0.25) is 5.91 Å². The summed E-state index contributed by atoms with van der Waals surface area (Å²) >= 11 is 1.77. The highest BCUT2D eigenvalue weighted by atomic mass is 127. The lowest BCUT2D eigenvalue weighted by molar-refractivity contribution is -0.130. The molecule has 1 aromatic heterocycles. The maximum atomic E-state index is 13.6. The van der Waals surface area contributed by atoms with Crippen LogP contribution in [0.25, 0.3) is 0 Å². The van der Waals surface area contributed by atoms with Crippen molar-refractivity contribution in [3.8, 4) is 0 Å². The fourth-order valence-electron chi connectivity index (χ4n) is 3.74. The highest BCUT2D eigenvalue weighted by molar-refractivity contribution is 14.0. The molecule has 1 amide bonds. The number of hydrogen-bond acceptors (Lipinski definition) is 3. The molecule has 1 aromatic carbocycles. The standard InChI is InChI=1S/C21H25FN4OS.HI/c1-23-20(25-14-21(7-8-21)16-3-2-4-17(22)11-16)24-12-19(27)26-9-5-18-15(13-26)6-10-28-18;/h2-4,6,10-11H,5,7-9,12-14H2,1H3,(H2,23,24,25);1H. The van der Waals surface area contributed by atoms with Crippen molar-refractivity contribution < 1.29 is 9.18 Å². The highest BCUT2D eigenvalue weighted by Gasteiger charge is 2.44. The van der Waals surface area contributed by atoms with Gasteiger partial charge in [0.25, 0.3) is 0 Å². The third kappa shape index (κ3) is 5.09. The molecule has 2 N–H and O–H groups in total. The molecule has 0 unspecified atom stereocenters. The quantitative estimate of drug-likeness (QED) is 0.356. The summed E-state index contributed by atoms with van der Waals surface area (Å²) in [6.07, 6.45) is 2.98. The first-order valence-corrected chi connectivity index (χ1v) is 10.5. The van der Waals surface area contributed by atoms with E-state index in [1.807, 2.05) is 11.0 Å². The third-order valence-electron chi connectivity index (χ3n) is 5.68. The summed E-state index contributed by atoms with van der Waals surface area (Å²) in [5.74, 6) is 0.475. The van der Waals surface area contributed by atoms with E-state index >= 15 is 0 Å². The van der Waals surface area contributed by atoms with Gasteiger partial charge in [-0.15, -0.1) is 35.3 Å². The van der Waals surface area contributed by atoms with Gasteiger partial charge in [-0.1, -0.05) is 12.1 Å². The molecule has 1 aliphatic heterocycles. The number of halogens is 2. The molecule has 0 saturated heterocycles. The molecule has 2 heterocycles. The first kappa shape index (κ1) is 22.0. The Bertz CT molecular complexity index is 896. The van der Waals surface area contributed by atoms with Crippen LogP contribution >= 0.6 is 35.3 Å². The lowest BCUT2D eigenvalue weighted by Gasteiger charge is -2.27. The van der Waals surface area contributed by atoms with Crippen LogP contribution in [0.3, 0.4) is 0 Å². The summed E-state index contributed by atoms with van der Waals surface area (Å²) in [6, 6.07) is 8.93. The molecule has 1 saturated carbocycles. The van der Waals surface area contributed by atoms with E-state index in [0.717, 1.165) is 31.4 Å². The van der Waals surface area contributed by atoms with Gasteiger partial charge in [0.1, 0.15) is 5.82 Å². The van der Waals surface area contributed by atoms with Gasteiger partial charge in [0, 0.05) is 37.0 Å². The van der Waals surface area contributed by atoms with Gasteiger partial charge in [0.05, 0.1) is 6.54 Å². The normalized spacial score (nSPS) is 17.2. The van der Waals surface area contributed by atoms with Crippen LogP contribution in [0, 0.1) is 5.82 Å². The number of aliphatic imine (C=N–C) groups is 1. The molecule has 1 fully saturated rings. The molecule has 156 valence electrons. The molecule has 8 heteroatoms. The smallest absolute Gasteiger partial charge is 0.242 e. The topological polar surface area (TPSA) is 56.7 Å². The summed E-state index contributed by atoms with van der Waals surface area (Å²) in [6.45, 7) is 2.34. The van der Waals surface area contributed by atoms with Crippen LogP contribution in [-0.2, 0) is 23.2 Å². The summed E-state index contributed by atoms with van der Waals surface area (Å²) in [5, 5.41) is 8.52. The summed E-state index contributed by atoms with van der Waals surface area (Å²) < 4.78 is 13.6. The van der Waals surface area contributed by atoms with Crippen molar-refractivity contribution in [1.29, 1.82) is 0 Å². The van der Waals surface area contributed by atoms with Gasteiger partial charge in [-0.3, -0.25) is 9.79 Å². The molecular weight excluding hydrogens is 502 g/mol. The van der Waals surface area contributed by atoms with E-state index in [2.05, 4.69) is 27.1 Å². The number of nitrogens with zero attached hydrogens (tertiary/aromatic N) is 2. The zero-order valence-corrected chi connectivity index (χ0v) is 19.6. The number of hydrogen-bond donors (Lipinski definition) is 2. The van der Waals surface area contributed by atoms with Crippen LogP contribution in [0.4, 0.5) is 4.39 Å². The first-order valence-electron chi connectivity index (χ1n) is 9.63. The van der Waals surface area contributed by atoms with E-state index < -0.39 is 0 Å². The monoisotopic (exact) mass is 528 g/mol. The van der Waals surface area contributed by atoms with Crippen molar-refractivity contribution in [1.82, 2.24) is 15.5 Å². The Labute approximate surface area is 191 Å². The minimum atomic E-state index is -0.202. The van der Waals surface area contributed by atoms with Crippen molar-refractivity contribution in [3.63, 3.8) is 0 Å². The molecule has 0 atom stereocenters. The number of benzene rings is 1. The molecule has 0 spiro atoms. The molecule has 29 heavy (non-hydrogen) atoms. The molecule has 2 aromatic rings. The van der Waals surface area contributed by atoms with Crippen molar-refractivity contribution in [2.75, 3.05) is 26.7 Å². The Balaban J connectivity index is 0.00000240. The molecular formula is C21H26FIN4OS. The minimum absolute atomic E-state index is 0. The van der Waals surface area contributed by atoms with Crippen LogP contribution in [0.5, 0.6) is 0 Å². The van der Waals surface area contributed by atoms with Crippen molar-refractivity contribution in [2.24, 2.45) is 4.99 Å². The zero-order valence-electron chi connectivity index (χ0n) is 16.4. The Kier molecular flexibility index (Phi) is 7.15. The second kappa shape index (κ2) is 9.42. The number of rotatable bonds is 5. The highest BCUT2D eigenvalue weighted by Crippen LogP contribution is 2.47. The predicted octanol–water partition coefficient (Wildman–Crippen LogP) is 3.29. The molecule has 0 radical (unpaired) electrons. The predicted molar refractivity (Wildman–Crippen MR) is 126 cm³/mol. The van der Waals surface area contributed by atoms with E-state index in [9.17, 15) is 9.18 Å². The van der Waals surface area contributed by atoms with Gasteiger partial charge in [-0.2, -0.15) is 0 Å². The third-order valence-corrected chi connectivity index (χ3v) is 6.70. The Hall–Kier alpha value is -1.68. The van der Waals surface area contributed by atoms with Crippen molar-refractivity contribution in [3.05, 3.63) is 57.5 Å². The number of carbonyl (C=O) groups excluding carboxylic acids is 1. The minimum Gasteiger partial charge on any atom is -0.356 e. The summed E-state index contributed by atoms with van der Waals surface area (Å²) in [5.41, 5.74) is 2.25. The van der Waals surface area contributed by atoms with Gasteiger partial charge in [0.15, 0.2) is 5.96 Å². The van der Waals surface area contributed by atoms with Gasteiger partial charge < -0.3 is 15.5 Å². The molecule has 4 rings (SSSR count). The Morgan fingerprint density at radius 3 is 2.86 bits per heavy atom. The zero-order chi connectivity index (χ0) is 19.6. The average Bonchev–Trinajstić information content (AvgIpc) is 3.36. The number of carbonyl (C=O) groups is 1. The SMILES string of the molecule is CN=C(NCC(=O)N1CCc2sccc2C1)NCC1(c2cccc(F)c2)CC1.I. The maximum absolute atomic E-state index is 13.6. The van der Waals surface area contributed by atoms with Gasteiger partial charge in [-0.05, 0) is 54.0 Å². The maximum Gasteiger partial charge on any atom is 0.242 e. The van der Waals surface area contributed by atoms with Crippen molar-refractivity contribution >= 4 is 47.2 Å². The van der Waals surface area contributed by atoms with Crippen LogP contribution in [-0.4, -0.2) is 43.4 Å². The lowest BCUT2D eigenvalue weighted by atomic mass is 9.96. The average molecular weight is 528 g/mol. The van der Waals surface area contributed by atoms with E-state index in [1.54, 1.807) is 30.5 Å². The van der Waals surface area contributed by atoms with E-state index in [0.29, 0.717) is 19.0 Å². The molecule has 1 aliphatic carbocycles. The fourth-order valence-corrected chi connectivity index (χ4v) is 4.63. The number of amides is 1. The van der Waals surface area contributed by atoms with Crippen LogP contribution in [0.15, 0.2) is 40.7 Å². The second-order valence-corrected chi connectivity index (χ2v) is 8.50. The molecule has 0 bridgehead atoms. The fraction of sp³-hybridized carbons (Fsp3) is 0.429. The van der Waals surface area contributed by atoms with E-state index in [-0.39, 0.29) is 47.7 Å². The number of nitrogens with one attached hydrogen (secondary N) is 2. The Morgan fingerprint density at radius 2 is 2.14 bits per heavy atom. The number of fused-ring (bicyclic) bond motifs is 1. The first-order chi connectivity index (χ1) is 13.6. The van der Waals surface area contributed by atoms with Crippen molar-refractivity contribution in [2.45, 2.75) is 31.2 Å². The second-order valence-electron chi connectivity index (χ2n) is 7.50. The van der Waals surface area contributed by atoms with E-state index in [4.69, 9.17) is 0 Å². The molecule has 5 nitrogen and oxygen atoms in total. The van der Waals surface area contributed by atoms with Crippen LogP contribution in [0.2, 0.25) is 0 Å². The summed E-state index contributed by atoms with van der Waals surface area (Å²) in [7, 11) is 1.69. The van der Waals surface area contributed by atoms with Gasteiger partial charge >= 0.3 is 0 Å². The van der Waals surface area contributed by atoms with E-state index in [1.165, 1.54) is 16.5 Å². The van der Waals surface area contributed by atoms with Crippen LogP contribution < -0.4 is 10.6 Å². The number of guanidine groups is 1. The Morgan fingerprint density at radius 1 is 1.31 bits per heavy atom. The largest absolute Gasteiger partial charge is 0.356 e. The molecule has 2 aliphatic rings. The summed E-state index contributed by atoms with van der Waals surface area (Å²) in [4.78, 5) is 20.1. The lowest BCUT2D eigenvalue weighted by Crippen LogP contribution is -2.47. The van der Waals surface area contributed by atoms with Gasteiger partial charge in [-0.25, -0.2) is 4.39 Å².